The van der Waals surface area contributed by atoms with Crippen molar-refractivity contribution in [1.29, 1.82) is 0 Å². The smallest absolute Gasteiger partial charge is 0.337 e. The lowest BCUT2D eigenvalue weighted by Crippen LogP contribution is -2.38. The van der Waals surface area contributed by atoms with Crippen molar-refractivity contribution in [3.05, 3.63) is 29.1 Å². The molecule has 0 fully saturated rings. The second-order valence-corrected chi connectivity index (χ2v) is 4.55. The Hall–Kier alpha value is -1.95. The first-order chi connectivity index (χ1) is 9.49. The Balaban J connectivity index is 2.81. The molecular formula is C14H20N2O4. The molecule has 1 amide bonds. The van der Waals surface area contributed by atoms with E-state index in [1.807, 2.05) is 6.92 Å². The minimum atomic E-state index is -1.05. The van der Waals surface area contributed by atoms with Crippen LogP contribution < -0.4 is 5.32 Å². The fourth-order valence-corrected chi connectivity index (χ4v) is 1.92. The molecule has 2 N–H and O–H groups in total. The number of pyridine rings is 1. The molecule has 1 rings (SSSR count). The van der Waals surface area contributed by atoms with E-state index in [4.69, 9.17) is 9.84 Å². The van der Waals surface area contributed by atoms with Crippen LogP contribution in [0, 0.1) is 6.92 Å². The van der Waals surface area contributed by atoms with E-state index in [9.17, 15) is 9.59 Å². The third-order valence-electron chi connectivity index (χ3n) is 2.89. The summed E-state index contributed by atoms with van der Waals surface area (Å²) in [6.07, 6.45) is 1.74. The molecular weight excluding hydrogens is 260 g/mol. The lowest BCUT2D eigenvalue weighted by atomic mass is 10.1. The molecule has 0 saturated carbocycles. The van der Waals surface area contributed by atoms with E-state index < -0.39 is 5.97 Å². The van der Waals surface area contributed by atoms with E-state index in [-0.39, 0.29) is 23.2 Å². The average molecular weight is 280 g/mol. The number of carboxylic acids is 1. The zero-order valence-electron chi connectivity index (χ0n) is 12.0. The molecule has 1 atom stereocenters. The quantitative estimate of drug-likeness (QED) is 0.792. The summed E-state index contributed by atoms with van der Waals surface area (Å²) in [7, 11) is 1.58. The van der Waals surface area contributed by atoms with Crippen molar-refractivity contribution >= 4 is 11.9 Å². The number of rotatable bonds is 7. The van der Waals surface area contributed by atoms with Crippen molar-refractivity contribution < 1.29 is 19.4 Å². The van der Waals surface area contributed by atoms with Crippen LogP contribution >= 0.6 is 0 Å². The Bertz CT molecular complexity index is 482. The number of aryl methyl sites for hydroxylation is 1. The number of amides is 1. The molecule has 0 radical (unpaired) electrons. The molecule has 110 valence electrons. The number of hydrogen-bond donors (Lipinski definition) is 2. The number of aromatic carboxylic acids is 1. The van der Waals surface area contributed by atoms with E-state index in [1.165, 1.54) is 12.1 Å². The van der Waals surface area contributed by atoms with Gasteiger partial charge < -0.3 is 15.2 Å². The van der Waals surface area contributed by atoms with E-state index >= 15 is 0 Å². The van der Waals surface area contributed by atoms with Crippen LogP contribution in [0.2, 0.25) is 0 Å². The zero-order valence-corrected chi connectivity index (χ0v) is 12.0. The van der Waals surface area contributed by atoms with Crippen LogP contribution in [0.3, 0.4) is 0 Å². The number of aromatic nitrogens is 1. The van der Waals surface area contributed by atoms with E-state index in [0.717, 1.165) is 12.8 Å². The first-order valence-electron chi connectivity index (χ1n) is 6.50. The van der Waals surface area contributed by atoms with E-state index in [0.29, 0.717) is 12.3 Å². The van der Waals surface area contributed by atoms with Crippen LogP contribution in [0.5, 0.6) is 0 Å². The Morgan fingerprint density at radius 2 is 2.15 bits per heavy atom. The molecule has 1 aromatic heterocycles. The summed E-state index contributed by atoms with van der Waals surface area (Å²) < 4.78 is 5.05. The third-order valence-corrected chi connectivity index (χ3v) is 2.89. The van der Waals surface area contributed by atoms with Gasteiger partial charge in [-0.3, -0.25) is 4.79 Å². The van der Waals surface area contributed by atoms with Crippen molar-refractivity contribution in [2.75, 3.05) is 13.7 Å². The lowest BCUT2D eigenvalue weighted by Gasteiger charge is -2.17. The van der Waals surface area contributed by atoms with E-state index in [2.05, 4.69) is 10.3 Å². The Labute approximate surface area is 118 Å². The van der Waals surface area contributed by atoms with Crippen molar-refractivity contribution in [3.8, 4) is 0 Å². The molecule has 6 heteroatoms. The molecule has 6 nitrogen and oxygen atoms in total. The minimum absolute atomic E-state index is 0.0706. The number of ether oxygens (including phenoxy) is 1. The highest BCUT2D eigenvalue weighted by atomic mass is 16.5. The predicted molar refractivity (Wildman–Crippen MR) is 74.0 cm³/mol. The molecule has 20 heavy (non-hydrogen) atoms. The van der Waals surface area contributed by atoms with Crippen LogP contribution in [-0.2, 0) is 4.74 Å². The maximum absolute atomic E-state index is 12.1. The fourth-order valence-electron chi connectivity index (χ4n) is 1.92. The van der Waals surface area contributed by atoms with Gasteiger partial charge in [-0.05, 0) is 25.5 Å². The number of nitrogens with one attached hydrogen (secondary N) is 1. The second-order valence-electron chi connectivity index (χ2n) is 4.55. The molecule has 0 saturated heterocycles. The molecule has 1 unspecified atom stereocenters. The van der Waals surface area contributed by atoms with Gasteiger partial charge in [0.05, 0.1) is 23.9 Å². The Kier molecular flexibility index (Phi) is 6.11. The number of methoxy groups -OCH3 is 1. The number of hydrogen-bond acceptors (Lipinski definition) is 4. The van der Waals surface area contributed by atoms with Crippen molar-refractivity contribution in [2.45, 2.75) is 32.7 Å². The van der Waals surface area contributed by atoms with E-state index in [1.54, 1.807) is 14.0 Å². The Morgan fingerprint density at radius 1 is 1.45 bits per heavy atom. The van der Waals surface area contributed by atoms with Gasteiger partial charge in [0, 0.05) is 7.11 Å². The summed E-state index contributed by atoms with van der Waals surface area (Å²) in [5, 5.41) is 11.8. The fraction of sp³-hybridized carbons (Fsp3) is 0.500. The van der Waals surface area contributed by atoms with Crippen LogP contribution in [0.1, 0.15) is 46.3 Å². The van der Waals surface area contributed by atoms with Gasteiger partial charge in [-0.1, -0.05) is 13.3 Å². The minimum Gasteiger partial charge on any atom is -0.478 e. The SMILES string of the molecule is CCCC(COC)NC(=O)c1ccc(C(=O)O)c(C)n1. The predicted octanol–water partition coefficient (Wildman–Crippen LogP) is 1.63. The first-order valence-corrected chi connectivity index (χ1v) is 6.50. The maximum atomic E-state index is 12.1. The molecule has 1 aromatic rings. The molecule has 0 aliphatic carbocycles. The number of carbonyl (C=O) groups excluding carboxylic acids is 1. The van der Waals surface area contributed by atoms with Gasteiger partial charge in [-0.25, -0.2) is 9.78 Å². The largest absolute Gasteiger partial charge is 0.478 e. The van der Waals surface area contributed by atoms with Gasteiger partial charge in [-0.2, -0.15) is 0 Å². The summed E-state index contributed by atoms with van der Waals surface area (Å²) in [5.41, 5.74) is 0.636. The highest BCUT2D eigenvalue weighted by molar-refractivity contribution is 5.94. The van der Waals surface area contributed by atoms with Gasteiger partial charge in [0.1, 0.15) is 5.69 Å². The highest BCUT2D eigenvalue weighted by Crippen LogP contribution is 2.08. The van der Waals surface area contributed by atoms with Crippen molar-refractivity contribution in [3.63, 3.8) is 0 Å². The van der Waals surface area contributed by atoms with Crippen LogP contribution in [0.15, 0.2) is 12.1 Å². The second kappa shape index (κ2) is 7.59. The Morgan fingerprint density at radius 3 is 2.65 bits per heavy atom. The van der Waals surface area contributed by atoms with Gasteiger partial charge in [0.25, 0.3) is 5.91 Å². The standard InChI is InChI=1S/C14H20N2O4/c1-4-5-10(8-20-3)16-13(17)12-7-6-11(14(18)19)9(2)15-12/h6-7,10H,4-5,8H2,1-3H3,(H,16,17)(H,18,19). The molecule has 0 spiro atoms. The number of carbonyl (C=O) groups is 2. The summed E-state index contributed by atoms with van der Waals surface area (Å²) >= 11 is 0. The van der Waals surface area contributed by atoms with Crippen molar-refractivity contribution in [1.82, 2.24) is 10.3 Å². The van der Waals surface area contributed by atoms with Gasteiger partial charge in [0.15, 0.2) is 0 Å². The van der Waals surface area contributed by atoms with Gasteiger partial charge >= 0.3 is 5.97 Å². The molecule has 0 aliphatic rings. The number of nitrogens with zero attached hydrogens (tertiary/aromatic N) is 1. The maximum Gasteiger partial charge on any atom is 0.337 e. The molecule has 0 bridgehead atoms. The monoisotopic (exact) mass is 280 g/mol. The molecule has 0 aliphatic heterocycles. The average Bonchev–Trinajstić information content (AvgIpc) is 2.38. The van der Waals surface area contributed by atoms with Gasteiger partial charge in [0.2, 0.25) is 0 Å². The molecule has 0 aromatic carbocycles. The topological polar surface area (TPSA) is 88.5 Å². The number of carboxylic acid groups (broad SMARTS) is 1. The molecule has 1 heterocycles. The zero-order chi connectivity index (χ0) is 15.1. The van der Waals surface area contributed by atoms with Crippen molar-refractivity contribution in [2.24, 2.45) is 0 Å². The summed E-state index contributed by atoms with van der Waals surface area (Å²) in [6.45, 7) is 4.03. The summed E-state index contributed by atoms with van der Waals surface area (Å²) in [6, 6.07) is 2.74. The summed E-state index contributed by atoms with van der Waals surface area (Å²) in [5.74, 6) is -1.37. The first kappa shape index (κ1) is 16.1. The van der Waals surface area contributed by atoms with Crippen LogP contribution in [-0.4, -0.2) is 41.7 Å². The highest BCUT2D eigenvalue weighted by Gasteiger charge is 2.16. The van der Waals surface area contributed by atoms with Crippen LogP contribution in [0.25, 0.3) is 0 Å². The lowest BCUT2D eigenvalue weighted by molar-refractivity contribution is 0.0694. The van der Waals surface area contributed by atoms with Gasteiger partial charge in [-0.15, -0.1) is 0 Å². The summed E-state index contributed by atoms with van der Waals surface area (Å²) in [4.78, 5) is 27.0. The normalized spacial score (nSPS) is 11.9. The third kappa shape index (κ3) is 4.31. The van der Waals surface area contributed by atoms with Crippen LogP contribution in [0.4, 0.5) is 0 Å².